The Bertz CT molecular complexity index is 1360. The molecule has 2 aliphatic rings. The van der Waals surface area contributed by atoms with Gasteiger partial charge < -0.3 is 25.4 Å². The van der Waals surface area contributed by atoms with Gasteiger partial charge in [0, 0.05) is 65.3 Å². The lowest BCUT2D eigenvalue weighted by molar-refractivity contribution is -0.129. The molecule has 3 aromatic rings. The summed E-state index contributed by atoms with van der Waals surface area (Å²) in [7, 11) is 1.83. The van der Waals surface area contributed by atoms with Gasteiger partial charge in [-0.05, 0) is 42.5 Å². The smallest absolute Gasteiger partial charge is 0.270 e. The van der Waals surface area contributed by atoms with Gasteiger partial charge in [-0.3, -0.25) is 14.5 Å². The molecule has 1 unspecified atom stereocenters. The predicted octanol–water partition coefficient (Wildman–Crippen LogP) is 0.756. The van der Waals surface area contributed by atoms with Crippen molar-refractivity contribution in [3.8, 4) is 5.75 Å². The van der Waals surface area contributed by atoms with Crippen molar-refractivity contribution in [1.82, 2.24) is 40.1 Å². The van der Waals surface area contributed by atoms with Crippen LogP contribution in [0.2, 0.25) is 0 Å². The molecule has 0 spiro atoms. The van der Waals surface area contributed by atoms with Crippen molar-refractivity contribution in [2.75, 3.05) is 38.0 Å². The lowest BCUT2D eigenvalue weighted by Gasteiger charge is -2.31. The van der Waals surface area contributed by atoms with Crippen LogP contribution >= 0.6 is 0 Å². The molecule has 13 heteroatoms. The molecule has 1 fully saturated rings. The molecule has 0 radical (unpaired) electrons. The van der Waals surface area contributed by atoms with E-state index < -0.39 is 6.10 Å². The average Bonchev–Trinajstić information content (AvgIpc) is 3.39. The van der Waals surface area contributed by atoms with Gasteiger partial charge in [-0.25, -0.2) is 14.6 Å². The van der Waals surface area contributed by atoms with E-state index in [1.807, 2.05) is 18.0 Å². The second kappa shape index (κ2) is 13.0. The van der Waals surface area contributed by atoms with E-state index in [-0.39, 0.29) is 30.1 Å². The van der Waals surface area contributed by atoms with Gasteiger partial charge in [-0.15, -0.1) is 5.10 Å². The van der Waals surface area contributed by atoms with E-state index in [0.717, 1.165) is 43.8 Å². The molecule has 13 nitrogen and oxygen atoms in total. The zero-order chi connectivity index (χ0) is 28.8. The molecule has 1 atom stereocenters. The zero-order valence-electron chi connectivity index (χ0n) is 23.5. The molecule has 1 saturated heterocycles. The summed E-state index contributed by atoms with van der Waals surface area (Å²) in [5, 5.41) is 24.6. The minimum Gasteiger partial charge on any atom is -0.487 e. The number of fused-ring (bicyclic) bond motifs is 1. The van der Waals surface area contributed by atoms with E-state index in [4.69, 9.17) is 4.74 Å². The molecule has 2 aliphatic heterocycles. The Morgan fingerprint density at radius 2 is 1.98 bits per heavy atom. The summed E-state index contributed by atoms with van der Waals surface area (Å²) in [4.78, 5) is 36.6. The van der Waals surface area contributed by atoms with Crippen LogP contribution in [0.4, 0.5) is 5.82 Å². The number of aliphatic hydroxyl groups is 1. The van der Waals surface area contributed by atoms with Crippen LogP contribution in [0, 0.1) is 0 Å². The van der Waals surface area contributed by atoms with E-state index in [0.29, 0.717) is 32.1 Å². The number of ether oxygens (including phenoxy) is 1. The van der Waals surface area contributed by atoms with Crippen molar-refractivity contribution in [2.24, 2.45) is 7.05 Å². The Balaban J connectivity index is 1.05. The second-order valence-corrected chi connectivity index (χ2v) is 10.6. The Hall–Kier alpha value is -4.10. The first-order valence-corrected chi connectivity index (χ1v) is 13.9. The predicted molar refractivity (Wildman–Crippen MR) is 150 cm³/mol. The summed E-state index contributed by atoms with van der Waals surface area (Å²) < 4.78 is 7.61. The summed E-state index contributed by atoms with van der Waals surface area (Å²) in [5.41, 5.74) is 3.58. The van der Waals surface area contributed by atoms with Gasteiger partial charge in [0.15, 0.2) is 0 Å². The number of carbonyl (C=O) groups is 2. The minimum absolute atomic E-state index is 0.0899. The standard InChI is InChI=1S/C28H37N9O4/c1-19(38)37-9-6-22(7-10-37)33-27-12-26(30-18-31-27)28(40)29-14-24(39)16-36-8-5-20-11-25(4-3-21(20)15-36)41-17-23-13-32-34-35(23)2/h3-4,11-13,18,22,24,39H,5-10,14-17H2,1-2H3,(H,29,40)(H,30,31,33). The summed E-state index contributed by atoms with van der Waals surface area (Å²) in [6, 6.07) is 7.90. The Labute approximate surface area is 238 Å². The number of piperidine rings is 1. The fourth-order valence-corrected chi connectivity index (χ4v) is 5.20. The van der Waals surface area contributed by atoms with Gasteiger partial charge in [0.2, 0.25) is 5.91 Å². The van der Waals surface area contributed by atoms with Gasteiger partial charge in [-0.1, -0.05) is 11.3 Å². The maximum absolute atomic E-state index is 12.7. The van der Waals surface area contributed by atoms with Crippen molar-refractivity contribution in [2.45, 2.75) is 51.5 Å². The summed E-state index contributed by atoms with van der Waals surface area (Å²) >= 11 is 0. The van der Waals surface area contributed by atoms with Crippen LogP contribution in [0.5, 0.6) is 5.75 Å². The third kappa shape index (κ3) is 7.55. The minimum atomic E-state index is -0.721. The number of nitrogens with one attached hydrogen (secondary N) is 2. The SMILES string of the molecule is CC(=O)N1CCC(Nc2cc(C(=O)NCC(O)CN3CCc4cc(OCc5cnnn5C)ccc4C3)ncn2)CC1. The zero-order valence-corrected chi connectivity index (χ0v) is 23.5. The molecule has 0 aliphatic carbocycles. The van der Waals surface area contributed by atoms with Gasteiger partial charge >= 0.3 is 0 Å². The number of rotatable bonds is 10. The highest BCUT2D eigenvalue weighted by Gasteiger charge is 2.22. The molecule has 4 heterocycles. The molecule has 2 aromatic heterocycles. The van der Waals surface area contributed by atoms with Gasteiger partial charge in [0.1, 0.15) is 30.2 Å². The number of amides is 2. The molecule has 3 N–H and O–H groups in total. The number of aromatic nitrogens is 5. The summed E-state index contributed by atoms with van der Waals surface area (Å²) in [6.45, 7) is 5.48. The van der Waals surface area contributed by atoms with E-state index in [1.54, 1.807) is 23.9 Å². The maximum Gasteiger partial charge on any atom is 0.270 e. The van der Waals surface area contributed by atoms with Crippen molar-refractivity contribution in [3.63, 3.8) is 0 Å². The topological polar surface area (TPSA) is 151 Å². The van der Waals surface area contributed by atoms with Crippen molar-refractivity contribution >= 4 is 17.6 Å². The number of aryl methyl sites for hydroxylation is 1. The number of anilines is 1. The summed E-state index contributed by atoms with van der Waals surface area (Å²) in [6.07, 6.45) is 4.81. The number of likely N-dealkylation sites (tertiary alicyclic amines) is 1. The molecular weight excluding hydrogens is 526 g/mol. The summed E-state index contributed by atoms with van der Waals surface area (Å²) in [5.74, 6) is 1.11. The largest absolute Gasteiger partial charge is 0.487 e. The molecule has 41 heavy (non-hydrogen) atoms. The number of hydrogen-bond acceptors (Lipinski definition) is 10. The van der Waals surface area contributed by atoms with E-state index in [1.165, 1.54) is 17.5 Å². The normalized spacial score (nSPS) is 16.6. The lowest BCUT2D eigenvalue weighted by Crippen LogP contribution is -2.42. The fourth-order valence-electron chi connectivity index (χ4n) is 5.20. The van der Waals surface area contributed by atoms with Gasteiger partial charge in [-0.2, -0.15) is 0 Å². The highest BCUT2D eigenvalue weighted by molar-refractivity contribution is 5.92. The molecule has 5 rings (SSSR count). The molecular formula is C28H37N9O4. The van der Waals surface area contributed by atoms with Crippen molar-refractivity contribution < 1.29 is 19.4 Å². The number of nitrogens with zero attached hydrogens (tertiary/aromatic N) is 7. The highest BCUT2D eigenvalue weighted by Crippen LogP contribution is 2.24. The third-order valence-electron chi connectivity index (χ3n) is 7.62. The lowest BCUT2D eigenvalue weighted by atomic mass is 9.99. The highest BCUT2D eigenvalue weighted by atomic mass is 16.5. The van der Waals surface area contributed by atoms with Crippen LogP contribution in [0.25, 0.3) is 0 Å². The number of β-amino-alcohol motifs (C(OH)–C–C–N with tert-alkyl or cyclic N) is 1. The van der Waals surface area contributed by atoms with Gasteiger partial charge in [0.05, 0.1) is 18.0 Å². The third-order valence-corrected chi connectivity index (χ3v) is 7.62. The van der Waals surface area contributed by atoms with Crippen LogP contribution in [0.1, 0.15) is 47.1 Å². The maximum atomic E-state index is 12.7. The first-order chi connectivity index (χ1) is 19.8. The van der Waals surface area contributed by atoms with Crippen LogP contribution in [-0.2, 0) is 31.4 Å². The fraction of sp³-hybridized carbons (Fsp3) is 0.500. The van der Waals surface area contributed by atoms with Gasteiger partial charge in [0.25, 0.3) is 5.91 Å². The van der Waals surface area contributed by atoms with E-state index in [2.05, 4.69) is 47.9 Å². The quantitative estimate of drug-likeness (QED) is 0.322. The van der Waals surface area contributed by atoms with Crippen LogP contribution in [-0.4, -0.2) is 96.6 Å². The molecule has 218 valence electrons. The van der Waals surface area contributed by atoms with E-state index in [9.17, 15) is 14.7 Å². The first kappa shape index (κ1) is 28.4. The molecule has 0 saturated carbocycles. The van der Waals surface area contributed by atoms with Crippen LogP contribution < -0.4 is 15.4 Å². The monoisotopic (exact) mass is 563 g/mol. The van der Waals surface area contributed by atoms with Crippen molar-refractivity contribution in [1.29, 1.82) is 0 Å². The molecule has 2 amide bonds. The molecule has 0 bridgehead atoms. The molecule has 1 aromatic carbocycles. The Morgan fingerprint density at radius 3 is 2.73 bits per heavy atom. The Kier molecular flexibility index (Phi) is 9.04. The average molecular weight is 564 g/mol. The number of benzene rings is 1. The number of hydrogen-bond donors (Lipinski definition) is 3. The number of aliphatic hydroxyl groups excluding tert-OH is 1. The number of carbonyl (C=O) groups excluding carboxylic acids is 2. The van der Waals surface area contributed by atoms with Crippen LogP contribution in [0.15, 0.2) is 36.8 Å². The second-order valence-electron chi connectivity index (χ2n) is 10.6. The first-order valence-electron chi connectivity index (χ1n) is 13.9. The van der Waals surface area contributed by atoms with Crippen LogP contribution in [0.3, 0.4) is 0 Å². The Morgan fingerprint density at radius 1 is 1.15 bits per heavy atom. The van der Waals surface area contributed by atoms with Crippen molar-refractivity contribution in [3.05, 3.63) is 59.3 Å². The van der Waals surface area contributed by atoms with E-state index >= 15 is 0 Å².